The lowest BCUT2D eigenvalue weighted by molar-refractivity contribution is -0.384. The van der Waals surface area contributed by atoms with Crippen LogP contribution in [-0.2, 0) is 4.79 Å². The highest BCUT2D eigenvalue weighted by Crippen LogP contribution is 2.43. The molecule has 1 heterocycles. The van der Waals surface area contributed by atoms with Gasteiger partial charge in [-0.2, -0.15) is 0 Å². The lowest BCUT2D eigenvalue weighted by Gasteiger charge is -2.25. The number of carbonyl (C=O) groups excluding carboxylic acids is 1. The van der Waals surface area contributed by atoms with Gasteiger partial charge in [0.2, 0.25) is 0 Å². The molecule has 9 heteroatoms. The minimum absolute atomic E-state index is 0.0193. The van der Waals surface area contributed by atoms with Gasteiger partial charge in [0.15, 0.2) is 0 Å². The van der Waals surface area contributed by atoms with Crippen molar-refractivity contribution in [3.05, 3.63) is 104 Å². The Balaban J connectivity index is 1.81. The minimum atomic E-state index is -0.586. The molecule has 3 aromatic rings. The second kappa shape index (κ2) is 9.24. The van der Waals surface area contributed by atoms with Crippen LogP contribution in [0.3, 0.4) is 0 Å². The SMILES string of the molecule is CSc1ccc(/C=C2\NC(c3ccccc3)N(c3c(Cl)cc([N+](=O)[O-])cc3Cl)C2=O)cc1. The van der Waals surface area contributed by atoms with Gasteiger partial charge in [0.1, 0.15) is 11.9 Å². The molecule has 1 saturated heterocycles. The number of benzene rings is 3. The van der Waals surface area contributed by atoms with E-state index in [0.29, 0.717) is 5.70 Å². The molecule has 1 unspecified atom stereocenters. The number of non-ortho nitro benzene ring substituents is 1. The second-order valence-electron chi connectivity index (χ2n) is 6.98. The van der Waals surface area contributed by atoms with Gasteiger partial charge in [0.05, 0.1) is 20.7 Å². The van der Waals surface area contributed by atoms with E-state index in [1.807, 2.05) is 60.9 Å². The Morgan fingerprint density at radius 3 is 2.25 bits per heavy atom. The highest BCUT2D eigenvalue weighted by atomic mass is 35.5. The van der Waals surface area contributed by atoms with Crippen LogP contribution in [0.2, 0.25) is 10.0 Å². The highest BCUT2D eigenvalue weighted by molar-refractivity contribution is 7.98. The van der Waals surface area contributed by atoms with Crippen molar-refractivity contribution in [2.45, 2.75) is 11.1 Å². The van der Waals surface area contributed by atoms with Crippen molar-refractivity contribution in [2.75, 3.05) is 11.2 Å². The Kier molecular flexibility index (Phi) is 6.41. The lowest BCUT2D eigenvalue weighted by atomic mass is 10.1. The third-order valence-electron chi connectivity index (χ3n) is 5.00. The topological polar surface area (TPSA) is 75.5 Å². The molecule has 6 nitrogen and oxygen atoms in total. The molecular formula is C23H17Cl2N3O3S. The van der Waals surface area contributed by atoms with Crippen LogP contribution in [0.25, 0.3) is 6.08 Å². The predicted octanol–water partition coefficient (Wildman–Crippen LogP) is 6.30. The first kappa shape index (κ1) is 22.2. The van der Waals surface area contributed by atoms with Gasteiger partial charge >= 0.3 is 0 Å². The first-order valence-corrected chi connectivity index (χ1v) is 11.5. The quantitative estimate of drug-likeness (QED) is 0.198. The van der Waals surface area contributed by atoms with Crippen molar-refractivity contribution in [1.29, 1.82) is 0 Å². The van der Waals surface area contributed by atoms with Crippen LogP contribution in [0.4, 0.5) is 11.4 Å². The maximum absolute atomic E-state index is 13.5. The molecule has 0 bridgehead atoms. The summed E-state index contributed by atoms with van der Waals surface area (Å²) in [5, 5.41) is 14.5. The molecule has 1 atom stereocenters. The van der Waals surface area contributed by atoms with Crippen LogP contribution >= 0.6 is 35.0 Å². The number of rotatable bonds is 5. The summed E-state index contributed by atoms with van der Waals surface area (Å²) in [6, 6.07) is 19.6. The molecule has 1 fully saturated rings. The molecule has 0 aliphatic carbocycles. The summed E-state index contributed by atoms with van der Waals surface area (Å²) in [6.45, 7) is 0. The predicted molar refractivity (Wildman–Crippen MR) is 129 cm³/mol. The summed E-state index contributed by atoms with van der Waals surface area (Å²) >= 11 is 14.4. The van der Waals surface area contributed by atoms with E-state index in [9.17, 15) is 14.9 Å². The van der Waals surface area contributed by atoms with Gasteiger partial charge in [-0.25, -0.2) is 0 Å². The average molecular weight is 486 g/mol. The number of anilines is 1. The largest absolute Gasteiger partial charge is 0.357 e. The molecule has 32 heavy (non-hydrogen) atoms. The number of nitro benzene ring substituents is 1. The van der Waals surface area contributed by atoms with Crippen LogP contribution in [0.5, 0.6) is 0 Å². The summed E-state index contributed by atoms with van der Waals surface area (Å²) in [5.41, 5.74) is 2.00. The van der Waals surface area contributed by atoms with E-state index in [0.717, 1.165) is 16.0 Å². The third-order valence-corrected chi connectivity index (χ3v) is 6.31. The Morgan fingerprint density at radius 1 is 1.06 bits per heavy atom. The van der Waals surface area contributed by atoms with Gasteiger partial charge in [0.25, 0.3) is 11.6 Å². The molecule has 1 amide bonds. The fourth-order valence-electron chi connectivity index (χ4n) is 3.48. The average Bonchev–Trinajstić information content (AvgIpc) is 3.10. The van der Waals surface area contributed by atoms with Gasteiger partial charge in [0, 0.05) is 17.0 Å². The van der Waals surface area contributed by atoms with Crippen molar-refractivity contribution in [3.8, 4) is 0 Å². The maximum atomic E-state index is 13.5. The first-order valence-electron chi connectivity index (χ1n) is 9.53. The van der Waals surface area contributed by atoms with E-state index in [1.165, 1.54) is 17.0 Å². The molecular weight excluding hydrogens is 469 g/mol. The van der Waals surface area contributed by atoms with Crippen LogP contribution in [0, 0.1) is 10.1 Å². The molecule has 4 rings (SSSR count). The van der Waals surface area contributed by atoms with Crippen molar-refractivity contribution < 1.29 is 9.72 Å². The van der Waals surface area contributed by atoms with E-state index >= 15 is 0 Å². The van der Waals surface area contributed by atoms with E-state index in [-0.39, 0.29) is 27.3 Å². The van der Waals surface area contributed by atoms with Crippen LogP contribution in [0.1, 0.15) is 17.3 Å². The Morgan fingerprint density at radius 2 is 1.69 bits per heavy atom. The second-order valence-corrected chi connectivity index (χ2v) is 8.67. The molecule has 1 aliphatic rings. The number of thioether (sulfide) groups is 1. The Labute approximate surface area is 199 Å². The van der Waals surface area contributed by atoms with Crippen LogP contribution in [-0.4, -0.2) is 17.1 Å². The summed E-state index contributed by atoms with van der Waals surface area (Å²) in [4.78, 5) is 26.6. The number of carbonyl (C=O) groups is 1. The van der Waals surface area contributed by atoms with Gasteiger partial charge in [-0.1, -0.05) is 65.7 Å². The monoisotopic (exact) mass is 485 g/mol. The van der Waals surface area contributed by atoms with Gasteiger partial charge < -0.3 is 5.32 Å². The molecule has 1 N–H and O–H groups in total. The molecule has 1 aliphatic heterocycles. The number of amides is 1. The van der Waals surface area contributed by atoms with E-state index < -0.39 is 11.1 Å². The number of nitro groups is 1. The van der Waals surface area contributed by atoms with Gasteiger partial charge in [-0.15, -0.1) is 11.8 Å². The van der Waals surface area contributed by atoms with Crippen molar-refractivity contribution in [1.82, 2.24) is 5.32 Å². The number of nitrogens with zero attached hydrogens (tertiary/aromatic N) is 2. The maximum Gasteiger partial charge on any atom is 0.276 e. The van der Waals surface area contributed by atoms with E-state index in [2.05, 4.69) is 5.32 Å². The molecule has 0 aromatic heterocycles. The summed E-state index contributed by atoms with van der Waals surface area (Å²) < 4.78 is 0. The standard InChI is InChI=1S/C23H17Cl2N3O3S/c1-32-17-9-7-14(8-10-17)11-20-23(29)27(22(26-20)15-5-3-2-4-6-15)21-18(24)12-16(28(30)31)13-19(21)25/h2-13,22,26H,1H3/b20-11-. The molecule has 162 valence electrons. The zero-order chi connectivity index (χ0) is 22.8. The molecule has 3 aromatic carbocycles. The molecule has 0 saturated carbocycles. The minimum Gasteiger partial charge on any atom is -0.357 e. The summed E-state index contributed by atoms with van der Waals surface area (Å²) in [7, 11) is 0. The van der Waals surface area contributed by atoms with Gasteiger partial charge in [-0.05, 0) is 35.6 Å². The first-order chi connectivity index (χ1) is 15.4. The summed E-state index contributed by atoms with van der Waals surface area (Å²) in [5.74, 6) is -0.342. The number of halogens is 2. The fourth-order valence-corrected chi connectivity index (χ4v) is 4.54. The molecule has 0 radical (unpaired) electrons. The molecule has 0 spiro atoms. The zero-order valence-corrected chi connectivity index (χ0v) is 19.1. The Bertz CT molecular complexity index is 1190. The van der Waals surface area contributed by atoms with E-state index in [1.54, 1.807) is 17.8 Å². The summed E-state index contributed by atoms with van der Waals surface area (Å²) in [6.07, 6.45) is 3.17. The smallest absolute Gasteiger partial charge is 0.276 e. The van der Waals surface area contributed by atoms with Crippen LogP contribution in [0.15, 0.2) is 77.3 Å². The number of nitrogens with one attached hydrogen (secondary N) is 1. The zero-order valence-electron chi connectivity index (χ0n) is 16.8. The Hall–Kier alpha value is -3.00. The van der Waals surface area contributed by atoms with Crippen LogP contribution < -0.4 is 10.2 Å². The van der Waals surface area contributed by atoms with Crippen molar-refractivity contribution in [3.63, 3.8) is 0 Å². The van der Waals surface area contributed by atoms with Crippen molar-refractivity contribution in [2.24, 2.45) is 0 Å². The normalized spacial score (nSPS) is 17.0. The number of hydrogen-bond acceptors (Lipinski definition) is 5. The lowest BCUT2D eigenvalue weighted by Crippen LogP contribution is -2.30. The van der Waals surface area contributed by atoms with E-state index in [4.69, 9.17) is 23.2 Å². The van der Waals surface area contributed by atoms with Gasteiger partial charge in [-0.3, -0.25) is 19.8 Å². The number of hydrogen-bond donors (Lipinski definition) is 1. The fraction of sp³-hybridized carbons (Fsp3) is 0.0870. The van der Waals surface area contributed by atoms with Crippen molar-refractivity contribution >= 4 is 58.3 Å². The third kappa shape index (κ3) is 4.32. The highest BCUT2D eigenvalue weighted by Gasteiger charge is 2.39.